The van der Waals surface area contributed by atoms with Crippen molar-refractivity contribution in [2.45, 2.75) is 69.9 Å². The van der Waals surface area contributed by atoms with Crippen molar-refractivity contribution < 1.29 is 9.53 Å². The summed E-state index contributed by atoms with van der Waals surface area (Å²) in [6, 6.07) is 6.14. The number of hydrogen-bond acceptors (Lipinski definition) is 4. The van der Waals surface area contributed by atoms with Crippen molar-refractivity contribution in [1.29, 1.82) is 0 Å². The van der Waals surface area contributed by atoms with Gasteiger partial charge in [0.2, 0.25) is 0 Å². The van der Waals surface area contributed by atoms with E-state index in [1.54, 1.807) is 0 Å². The number of nitrogens with two attached hydrogens (primary N) is 1. The molecule has 1 fully saturated rings. The number of rotatable bonds is 4. The Morgan fingerprint density at radius 3 is 2.67 bits per heavy atom. The van der Waals surface area contributed by atoms with Gasteiger partial charge in [-0.3, -0.25) is 0 Å². The maximum atomic E-state index is 12.2. The van der Waals surface area contributed by atoms with E-state index in [9.17, 15) is 4.79 Å². The van der Waals surface area contributed by atoms with Crippen molar-refractivity contribution in [3.63, 3.8) is 0 Å². The lowest BCUT2D eigenvalue weighted by atomic mass is 9.67. The fraction of sp³-hybridized carbons (Fsp3) is 0.650. The standard InChI is InChI=1S/C20H30N2O2/c1-13(2)18(21)19(23)24-16-7-6-14-10-15(22-3)12-20(17(14)11-16)8-4-5-9-20/h6-7,11,13,15,18,22H,4-5,8-10,12,21H2,1-3H3/t15-,18?/m0/s1. The maximum Gasteiger partial charge on any atom is 0.328 e. The quantitative estimate of drug-likeness (QED) is 0.658. The van der Waals surface area contributed by atoms with Gasteiger partial charge >= 0.3 is 5.97 Å². The fourth-order valence-electron chi connectivity index (χ4n) is 4.40. The van der Waals surface area contributed by atoms with Gasteiger partial charge in [-0.25, -0.2) is 4.79 Å². The molecule has 0 radical (unpaired) electrons. The molecule has 3 N–H and O–H groups in total. The monoisotopic (exact) mass is 330 g/mol. The lowest BCUT2D eigenvalue weighted by Crippen LogP contribution is -2.41. The number of nitrogens with one attached hydrogen (secondary N) is 1. The summed E-state index contributed by atoms with van der Waals surface area (Å²) in [5.41, 5.74) is 8.97. The van der Waals surface area contributed by atoms with Gasteiger partial charge in [0.25, 0.3) is 0 Å². The van der Waals surface area contributed by atoms with Crippen LogP contribution in [0.5, 0.6) is 5.75 Å². The second-order valence-electron chi connectivity index (χ2n) is 7.89. The van der Waals surface area contributed by atoms with E-state index in [0.29, 0.717) is 11.8 Å². The van der Waals surface area contributed by atoms with Crippen molar-refractivity contribution in [1.82, 2.24) is 5.32 Å². The van der Waals surface area contributed by atoms with E-state index in [1.807, 2.05) is 19.9 Å². The summed E-state index contributed by atoms with van der Waals surface area (Å²) in [5, 5.41) is 3.47. The molecule has 4 nitrogen and oxygen atoms in total. The molecule has 3 rings (SSSR count). The molecule has 0 aliphatic heterocycles. The first kappa shape index (κ1) is 17.4. The van der Waals surface area contributed by atoms with Crippen molar-refractivity contribution in [2.75, 3.05) is 7.05 Å². The third-order valence-corrected chi connectivity index (χ3v) is 5.93. The molecule has 132 valence electrons. The third-order valence-electron chi connectivity index (χ3n) is 5.93. The molecule has 1 aromatic rings. The normalized spacial score (nSPS) is 23.3. The predicted octanol–water partition coefficient (Wildman–Crippen LogP) is 2.92. The van der Waals surface area contributed by atoms with Crippen LogP contribution in [0, 0.1) is 5.92 Å². The van der Waals surface area contributed by atoms with Crippen LogP contribution in [0.25, 0.3) is 0 Å². The molecule has 1 aromatic carbocycles. The van der Waals surface area contributed by atoms with Gasteiger partial charge in [-0.15, -0.1) is 0 Å². The topological polar surface area (TPSA) is 64.3 Å². The van der Waals surface area contributed by atoms with Gasteiger partial charge in [0.15, 0.2) is 0 Å². The zero-order valence-electron chi connectivity index (χ0n) is 15.1. The van der Waals surface area contributed by atoms with Gasteiger partial charge in [0.05, 0.1) is 0 Å². The Morgan fingerprint density at radius 2 is 2.04 bits per heavy atom. The Kier molecular flexibility index (Phi) is 4.97. The van der Waals surface area contributed by atoms with Crippen LogP contribution in [0.4, 0.5) is 0 Å². The van der Waals surface area contributed by atoms with Crippen LogP contribution in [0.15, 0.2) is 18.2 Å². The molecule has 2 atom stereocenters. The number of esters is 1. The highest BCUT2D eigenvalue weighted by Crippen LogP contribution is 2.49. The molecule has 0 bridgehead atoms. The zero-order valence-corrected chi connectivity index (χ0v) is 15.1. The van der Waals surface area contributed by atoms with Crippen LogP contribution in [0.3, 0.4) is 0 Å². The average Bonchev–Trinajstić information content (AvgIpc) is 3.03. The summed E-state index contributed by atoms with van der Waals surface area (Å²) in [6.07, 6.45) is 7.28. The highest BCUT2D eigenvalue weighted by Gasteiger charge is 2.42. The molecule has 1 saturated carbocycles. The van der Waals surface area contributed by atoms with E-state index >= 15 is 0 Å². The maximum absolute atomic E-state index is 12.2. The van der Waals surface area contributed by atoms with Crippen LogP contribution in [-0.2, 0) is 16.6 Å². The van der Waals surface area contributed by atoms with Crippen LogP contribution in [0.1, 0.15) is 57.1 Å². The molecule has 2 aliphatic carbocycles. The van der Waals surface area contributed by atoms with Gasteiger partial charge in [0.1, 0.15) is 11.8 Å². The molecule has 1 unspecified atom stereocenters. The van der Waals surface area contributed by atoms with Crippen molar-refractivity contribution in [2.24, 2.45) is 11.7 Å². The van der Waals surface area contributed by atoms with Gasteiger partial charge in [-0.1, -0.05) is 32.8 Å². The molecule has 4 heteroatoms. The van der Waals surface area contributed by atoms with Gasteiger partial charge in [0, 0.05) is 6.04 Å². The van der Waals surface area contributed by atoms with E-state index < -0.39 is 6.04 Å². The Labute approximate surface area is 145 Å². The lowest BCUT2D eigenvalue weighted by Gasteiger charge is -2.40. The highest BCUT2D eigenvalue weighted by atomic mass is 16.5. The minimum atomic E-state index is -0.574. The van der Waals surface area contributed by atoms with Crippen LogP contribution in [0.2, 0.25) is 0 Å². The molecule has 2 aliphatic rings. The van der Waals surface area contributed by atoms with Crippen LogP contribution >= 0.6 is 0 Å². The van der Waals surface area contributed by atoms with E-state index in [-0.39, 0.29) is 17.3 Å². The van der Waals surface area contributed by atoms with Crippen molar-refractivity contribution in [3.05, 3.63) is 29.3 Å². The van der Waals surface area contributed by atoms with Gasteiger partial charge in [-0.05, 0) is 67.3 Å². The summed E-state index contributed by atoms with van der Waals surface area (Å²) in [4.78, 5) is 12.2. The summed E-state index contributed by atoms with van der Waals surface area (Å²) in [5.74, 6) is 0.381. The lowest BCUT2D eigenvalue weighted by molar-refractivity contribution is -0.136. The molecule has 24 heavy (non-hydrogen) atoms. The molecule has 0 heterocycles. The molecule has 0 aromatic heterocycles. The number of benzene rings is 1. The Balaban J connectivity index is 1.88. The predicted molar refractivity (Wildman–Crippen MR) is 96.2 cm³/mol. The van der Waals surface area contributed by atoms with E-state index in [4.69, 9.17) is 10.5 Å². The second kappa shape index (κ2) is 6.85. The average molecular weight is 330 g/mol. The van der Waals surface area contributed by atoms with Crippen molar-refractivity contribution >= 4 is 5.97 Å². The third kappa shape index (κ3) is 3.22. The molecular formula is C20H30N2O2. The molecule has 0 saturated heterocycles. The number of fused-ring (bicyclic) bond motifs is 2. The first-order valence-electron chi connectivity index (χ1n) is 9.23. The van der Waals surface area contributed by atoms with Gasteiger partial charge in [-0.2, -0.15) is 0 Å². The first-order valence-corrected chi connectivity index (χ1v) is 9.23. The Morgan fingerprint density at radius 1 is 1.33 bits per heavy atom. The number of carbonyl (C=O) groups excluding carboxylic acids is 1. The highest BCUT2D eigenvalue weighted by molar-refractivity contribution is 5.78. The molecule has 0 amide bonds. The summed E-state index contributed by atoms with van der Waals surface area (Å²) < 4.78 is 5.58. The summed E-state index contributed by atoms with van der Waals surface area (Å²) in [6.45, 7) is 3.87. The van der Waals surface area contributed by atoms with Crippen LogP contribution in [-0.4, -0.2) is 25.1 Å². The number of ether oxygens (including phenoxy) is 1. The zero-order chi connectivity index (χ0) is 17.3. The largest absolute Gasteiger partial charge is 0.425 e. The fourth-order valence-corrected chi connectivity index (χ4v) is 4.40. The van der Waals surface area contributed by atoms with Crippen molar-refractivity contribution in [3.8, 4) is 5.75 Å². The number of hydrogen-bond donors (Lipinski definition) is 2. The summed E-state index contributed by atoms with van der Waals surface area (Å²) in [7, 11) is 2.06. The number of likely N-dealkylation sites (N-methyl/N-ethyl adjacent to an activating group) is 1. The number of carbonyl (C=O) groups is 1. The SMILES string of the molecule is CN[C@H]1Cc2ccc(OC(=O)C(N)C(C)C)cc2C2(CCCC2)C1. The minimum Gasteiger partial charge on any atom is -0.425 e. The Hall–Kier alpha value is -1.39. The first-order chi connectivity index (χ1) is 11.4. The Bertz CT molecular complexity index is 606. The molecule has 1 spiro atoms. The van der Waals surface area contributed by atoms with E-state index in [1.165, 1.54) is 43.2 Å². The molecular weight excluding hydrogens is 300 g/mol. The summed E-state index contributed by atoms with van der Waals surface area (Å²) >= 11 is 0. The van der Waals surface area contributed by atoms with E-state index in [0.717, 1.165) is 6.42 Å². The van der Waals surface area contributed by atoms with E-state index in [2.05, 4.69) is 24.5 Å². The van der Waals surface area contributed by atoms with Gasteiger partial charge < -0.3 is 15.8 Å². The smallest absolute Gasteiger partial charge is 0.328 e. The second-order valence-corrected chi connectivity index (χ2v) is 7.89. The minimum absolute atomic E-state index is 0.0766. The van der Waals surface area contributed by atoms with Crippen LogP contribution < -0.4 is 15.8 Å².